The number of hydrogen-bond donors (Lipinski definition) is 2. The molecule has 2 heterocycles. The second-order valence-corrected chi connectivity index (χ2v) is 6.52. The molecule has 2 rings (SSSR count). The molecule has 20 heavy (non-hydrogen) atoms. The van der Waals surface area contributed by atoms with Gasteiger partial charge in [0.15, 0.2) is 5.96 Å². The van der Waals surface area contributed by atoms with Crippen molar-refractivity contribution in [1.82, 2.24) is 10.6 Å². The molecule has 6 heteroatoms. The van der Waals surface area contributed by atoms with Crippen molar-refractivity contribution >= 4 is 41.7 Å². The zero-order valence-electron chi connectivity index (χ0n) is 12.4. The summed E-state index contributed by atoms with van der Waals surface area (Å²) in [5.74, 6) is 4.34. The van der Waals surface area contributed by atoms with Crippen LogP contribution in [-0.4, -0.2) is 49.8 Å². The molecule has 0 radical (unpaired) electrons. The molecule has 1 atom stereocenters. The highest BCUT2D eigenvalue weighted by molar-refractivity contribution is 14.0. The molecule has 0 bridgehead atoms. The number of halogens is 1. The van der Waals surface area contributed by atoms with Gasteiger partial charge in [-0.25, -0.2) is 0 Å². The van der Waals surface area contributed by atoms with Crippen LogP contribution in [0, 0.1) is 5.92 Å². The van der Waals surface area contributed by atoms with Gasteiger partial charge in [-0.2, -0.15) is 11.8 Å². The average molecular weight is 413 g/mol. The van der Waals surface area contributed by atoms with Crippen molar-refractivity contribution in [2.24, 2.45) is 10.9 Å². The summed E-state index contributed by atoms with van der Waals surface area (Å²) in [5.41, 5.74) is 0. The van der Waals surface area contributed by atoms with E-state index in [9.17, 15) is 0 Å². The van der Waals surface area contributed by atoms with Gasteiger partial charge in [0, 0.05) is 26.2 Å². The number of ether oxygens (including phenoxy) is 1. The Morgan fingerprint density at radius 1 is 1.25 bits per heavy atom. The monoisotopic (exact) mass is 413 g/mol. The van der Waals surface area contributed by atoms with Gasteiger partial charge in [-0.15, -0.1) is 24.0 Å². The van der Waals surface area contributed by atoms with E-state index in [1.807, 2.05) is 0 Å². The predicted molar refractivity (Wildman–Crippen MR) is 98.4 cm³/mol. The van der Waals surface area contributed by atoms with Crippen molar-refractivity contribution in [3.63, 3.8) is 0 Å². The smallest absolute Gasteiger partial charge is 0.191 e. The average Bonchev–Trinajstić information content (AvgIpc) is 2.96. The van der Waals surface area contributed by atoms with Crippen LogP contribution in [0.2, 0.25) is 0 Å². The maximum Gasteiger partial charge on any atom is 0.191 e. The molecule has 2 N–H and O–H groups in total. The van der Waals surface area contributed by atoms with Crippen molar-refractivity contribution < 1.29 is 4.74 Å². The van der Waals surface area contributed by atoms with Gasteiger partial charge in [0.1, 0.15) is 0 Å². The summed E-state index contributed by atoms with van der Waals surface area (Å²) in [5, 5.41) is 6.74. The first kappa shape index (κ1) is 18.4. The van der Waals surface area contributed by atoms with Crippen LogP contribution in [0.1, 0.15) is 32.6 Å². The summed E-state index contributed by atoms with van der Waals surface area (Å²) in [6.45, 7) is 5.78. The summed E-state index contributed by atoms with van der Waals surface area (Å²) < 4.78 is 5.63. The van der Waals surface area contributed by atoms with Gasteiger partial charge in [0.25, 0.3) is 0 Å². The topological polar surface area (TPSA) is 45.7 Å². The fourth-order valence-electron chi connectivity index (χ4n) is 2.51. The number of hydrogen-bond acceptors (Lipinski definition) is 3. The third kappa shape index (κ3) is 6.85. The third-order valence-corrected chi connectivity index (χ3v) is 4.76. The molecule has 1 unspecified atom stereocenters. The van der Waals surface area contributed by atoms with Crippen molar-refractivity contribution in [2.75, 3.05) is 37.7 Å². The molecule has 0 aromatic heterocycles. The van der Waals surface area contributed by atoms with Crippen molar-refractivity contribution in [3.05, 3.63) is 0 Å². The quantitative estimate of drug-likeness (QED) is 0.413. The van der Waals surface area contributed by atoms with E-state index in [0.29, 0.717) is 6.10 Å². The van der Waals surface area contributed by atoms with Crippen molar-refractivity contribution in [2.45, 2.75) is 38.7 Å². The second kappa shape index (κ2) is 11.0. The Morgan fingerprint density at radius 2 is 2.05 bits per heavy atom. The van der Waals surface area contributed by atoms with Crippen LogP contribution in [0.15, 0.2) is 4.99 Å². The van der Waals surface area contributed by atoms with E-state index in [2.05, 4.69) is 29.3 Å². The molecule has 0 aromatic rings. The number of nitrogens with zero attached hydrogens (tertiary/aromatic N) is 1. The molecule has 118 valence electrons. The van der Waals surface area contributed by atoms with Crippen molar-refractivity contribution in [1.29, 1.82) is 0 Å². The van der Waals surface area contributed by atoms with Crippen LogP contribution < -0.4 is 10.6 Å². The SMILES string of the molecule is CCNC(=NCC1CCSCC1)NCC1CCCO1.I. The lowest BCUT2D eigenvalue weighted by atomic mass is 10.0. The number of nitrogens with one attached hydrogen (secondary N) is 2. The van der Waals surface area contributed by atoms with Crippen LogP contribution in [0.3, 0.4) is 0 Å². The van der Waals surface area contributed by atoms with Gasteiger partial charge in [0.2, 0.25) is 0 Å². The van der Waals surface area contributed by atoms with E-state index >= 15 is 0 Å². The molecular formula is C14H28IN3OS. The van der Waals surface area contributed by atoms with E-state index in [1.165, 1.54) is 37.2 Å². The summed E-state index contributed by atoms with van der Waals surface area (Å²) in [7, 11) is 0. The van der Waals surface area contributed by atoms with E-state index in [1.54, 1.807) is 0 Å². The number of rotatable bonds is 5. The minimum atomic E-state index is 0. The Labute approximate surface area is 144 Å². The van der Waals surface area contributed by atoms with Gasteiger partial charge in [-0.1, -0.05) is 0 Å². The maximum atomic E-state index is 5.63. The van der Waals surface area contributed by atoms with Crippen LogP contribution in [0.25, 0.3) is 0 Å². The molecule has 0 aromatic carbocycles. The third-order valence-electron chi connectivity index (χ3n) is 3.71. The molecule has 2 saturated heterocycles. The maximum absolute atomic E-state index is 5.63. The fourth-order valence-corrected chi connectivity index (χ4v) is 3.71. The molecule has 0 aliphatic carbocycles. The first-order valence-corrected chi connectivity index (χ1v) is 8.75. The summed E-state index contributed by atoms with van der Waals surface area (Å²) >= 11 is 2.07. The molecule has 0 amide bonds. The van der Waals surface area contributed by atoms with Crippen LogP contribution in [0.4, 0.5) is 0 Å². The van der Waals surface area contributed by atoms with Crippen LogP contribution >= 0.6 is 35.7 Å². The highest BCUT2D eigenvalue weighted by Crippen LogP contribution is 2.22. The standard InChI is InChI=1S/C14H27N3OS.HI/c1-2-15-14(17-11-13-4-3-7-18-13)16-10-12-5-8-19-9-6-12;/h12-13H,2-11H2,1H3,(H2,15,16,17);1H. The molecule has 0 spiro atoms. The van der Waals surface area contributed by atoms with Gasteiger partial charge < -0.3 is 15.4 Å². The number of thioether (sulfide) groups is 1. The summed E-state index contributed by atoms with van der Waals surface area (Å²) in [6.07, 6.45) is 5.37. The number of aliphatic imine (C=N–C) groups is 1. The van der Waals surface area contributed by atoms with Gasteiger partial charge >= 0.3 is 0 Å². The Hall–Kier alpha value is 0.310. The second-order valence-electron chi connectivity index (χ2n) is 5.29. The highest BCUT2D eigenvalue weighted by Gasteiger charge is 2.16. The van der Waals surface area contributed by atoms with Crippen LogP contribution in [0.5, 0.6) is 0 Å². The Balaban J connectivity index is 0.00000200. The lowest BCUT2D eigenvalue weighted by molar-refractivity contribution is 0.114. The fraction of sp³-hybridized carbons (Fsp3) is 0.929. The number of guanidine groups is 1. The van der Waals surface area contributed by atoms with E-state index in [0.717, 1.165) is 38.1 Å². The summed E-state index contributed by atoms with van der Waals surface area (Å²) in [6, 6.07) is 0. The Morgan fingerprint density at radius 3 is 2.70 bits per heavy atom. The molecule has 2 aliphatic rings. The largest absolute Gasteiger partial charge is 0.376 e. The molecule has 2 fully saturated rings. The van der Waals surface area contributed by atoms with E-state index < -0.39 is 0 Å². The van der Waals surface area contributed by atoms with Gasteiger partial charge in [-0.3, -0.25) is 4.99 Å². The lowest BCUT2D eigenvalue weighted by Gasteiger charge is -2.20. The van der Waals surface area contributed by atoms with Crippen LogP contribution in [-0.2, 0) is 4.74 Å². The molecular weight excluding hydrogens is 385 g/mol. The normalized spacial score (nSPS) is 24.2. The van der Waals surface area contributed by atoms with Gasteiger partial charge in [0.05, 0.1) is 6.10 Å². The van der Waals surface area contributed by atoms with Crippen molar-refractivity contribution in [3.8, 4) is 0 Å². The zero-order chi connectivity index (χ0) is 13.3. The molecule has 2 aliphatic heterocycles. The minimum absolute atomic E-state index is 0. The molecule has 4 nitrogen and oxygen atoms in total. The first-order valence-electron chi connectivity index (χ1n) is 7.60. The minimum Gasteiger partial charge on any atom is -0.376 e. The predicted octanol–water partition coefficient (Wildman–Crippen LogP) is 2.48. The highest BCUT2D eigenvalue weighted by atomic mass is 127. The van der Waals surface area contributed by atoms with Gasteiger partial charge in [-0.05, 0) is 50.0 Å². The summed E-state index contributed by atoms with van der Waals surface area (Å²) in [4.78, 5) is 4.73. The lowest BCUT2D eigenvalue weighted by Crippen LogP contribution is -2.41. The zero-order valence-corrected chi connectivity index (χ0v) is 15.5. The Kier molecular flexibility index (Phi) is 10.1. The van der Waals surface area contributed by atoms with E-state index in [4.69, 9.17) is 9.73 Å². The van der Waals surface area contributed by atoms with E-state index in [-0.39, 0.29) is 24.0 Å². The molecule has 0 saturated carbocycles. The Bertz CT molecular complexity index is 280. The first-order chi connectivity index (χ1) is 9.38.